The fourth-order valence-electron chi connectivity index (χ4n) is 5.63. The number of carbonyl (C=O) groups excluding carboxylic acids is 2. The average Bonchev–Trinajstić information content (AvgIpc) is 3.20. The third-order valence-corrected chi connectivity index (χ3v) is 8.84. The van der Waals surface area contributed by atoms with E-state index in [9.17, 15) is 14.4 Å². The second kappa shape index (κ2) is 11.1. The number of ether oxygens (including phenoxy) is 3. The van der Waals surface area contributed by atoms with Crippen LogP contribution in [0.3, 0.4) is 0 Å². The second-order valence-electron chi connectivity index (χ2n) is 10.1. The van der Waals surface area contributed by atoms with Gasteiger partial charge in [0, 0.05) is 40.3 Å². The Balaban J connectivity index is 1.54. The lowest BCUT2D eigenvalue weighted by molar-refractivity contribution is 0.0132. The van der Waals surface area contributed by atoms with E-state index < -0.39 is 42.1 Å². The van der Waals surface area contributed by atoms with Crippen LogP contribution < -0.4 is 15.6 Å². The van der Waals surface area contributed by atoms with Gasteiger partial charge in [-0.05, 0) is 42.5 Å². The number of nitrogens with one attached hydrogen (secondary N) is 1. The third kappa shape index (κ3) is 4.73. The number of terminal acetylenes is 1. The lowest BCUT2D eigenvalue weighted by Crippen LogP contribution is -2.58. The van der Waals surface area contributed by atoms with Gasteiger partial charge in [0.25, 0.3) is 5.91 Å². The molecule has 12 heteroatoms. The third-order valence-electron chi connectivity index (χ3n) is 7.70. The van der Waals surface area contributed by atoms with Crippen molar-refractivity contribution in [2.45, 2.75) is 36.1 Å². The summed E-state index contributed by atoms with van der Waals surface area (Å²) < 4.78 is 46.5. The van der Waals surface area contributed by atoms with Crippen molar-refractivity contribution in [3.8, 4) is 29.4 Å². The van der Waals surface area contributed by atoms with Gasteiger partial charge in [-0.2, -0.15) is 0 Å². The number of halogens is 2. The Morgan fingerprint density at radius 2 is 2.00 bits per heavy atom. The highest BCUT2D eigenvalue weighted by Gasteiger charge is 2.40. The monoisotopic (exact) mass is 593 g/mol. The van der Waals surface area contributed by atoms with Crippen LogP contribution in [0.25, 0.3) is 11.3 Å². The van der Waals surface area contributed by atoms with Crippen molar-refractivity contribution in [1.29, 1.82) is 0 Å². The summed E-state index contributed by atoms with van der Waals surface area (Å²) in [6, 6.07) is 9.87. The molecule has 4 heterocycles. The molecule has 3 aliphatic heterocycles. The Morgan fingerprint density at radius 1 is 1.19 bits per heavy atom. The van der Waals surface area contributed by atoms with Gasteiger partial charge in [0.1, 0.15) is 6.17 Å². The topological polar surface area (TPSA) is 99.1 Å². The van der Waals surface area contributed by atoms with Gasteiger partial charge in [0.2, 0.25) is 18.0 Å². The van der Waals surface area contributed by atoms with Crippen LogP contribution in [-0.4, -0.2) is 48.3 Å². The minimum absolute atomic E-state index is 0.169. The van der Waals surface area contributed by atoms with Crippen LogP contribution in [0.4, 0.5) is 13.6 Å². The highest BCUT2D eigenvalue weighted by Crippen LogP contribution is 2.41. The molecule has 1 unspecified atom stereocenters. The highest BCUT2D eigenvalue weighted by molar-refractivity contribution is 7.98. The Bertz CT molecular complexity index is 1720. The van der Waals surface area contributed by atoms with Gasteiger partial charge in [-0.25, -0.2) is 18.3 Å². The molecule has 9 nitrogen and oxygen atoms in total. The Kier molecular flexibility index (Phi) is 7.28. The normalized spacial score (nSPS) is 18.7. The predicted octanol–water partition coefficient (Wildman–Crippen LogP) is 4.48. The maximum atomic E-state index is 15.2. The summed E-state index contributed by atoms with van der Waals surface area (Å²) in [6.07, 6.45) is 5.60. The number of aromatic nitrogens is 1. The Hall–Kier alpha value is -4.50. The summed E-state index contributed by atoms with van der Waals surface area (Å²) in [5.41, 5.74) is 4.45. The number of piperidine rings is 1. The van der Waals surface area contributed by atoms with Gasteiger partial charge in [-0.3, -0.25) is 9.59 Å². The summed E-state index contributed by atoms with van der Waals surface area (Å²) in [5, 5.41) is 0. The molecule has 3 aromatic rings. The first kappa shape index (κ1) is 27.7. The molecule has 2 atom stereocenters. The van der Waals surface area contributed by atoms with Crippen molar-refractivity contribution >= 4 is 23.8 Å². The van der Waals surface area contributed by atoms with Crippen molar-refractivity contribution in [2.24, 2.45) is 5.92 Å². The van der Waals surface area contributed by atoms with Crippen LogP contribution in [0.5, 0.6) is 5.75 Å². The SMILES string of the molecule is C#C[C@@H]1CCC2Nn3c(-c4cc(F)c(F)c5c4Cc4ccccc4SC5)cc(=O)c(OCOC(=O)OC)c3C(=O)N2C1. The van der Waals surface area contributed by atoms with Crippen molar-refractivity contribution in [3.05, 3.63) is 80.6 Å². The lowest BCUT2D eigenvalue weighted by atomic mass is 9.92. The Labute approximate surface area is 243 Å². The maximum Gasteiger partial charge on any atom is 0.510 e. The number of pyridine rings is 1. The molecule has 216 valence electrons. The quantitative estimate of drug-likeness (QED) is 0.269. The number of rotatable bonds is 4. The zero-order chi connectivity index (χ0) is 29.5. The van der Waals surface area contributed by atoms with E-state index in [0.717, 1.165) is 23.6 Å². The molecule has 0 saturated carbocycles. The highest BCUT2D eigenvalue weighted by atomic mass is 32.2. The van der Waals surface area contributed by atoms with Crippen molar-refractivity contribution in [1.82, 2.24) is 9.58 Å². The van der Waals surface area contributed by atoms with Crippen molar-refractivity contribution in [3.63, 3.8) is 0 Å². The molecule has 1 amide bonds. The zero-order valence-electron chi connectivity index (χ0n) is 22.4. The lowest BCUT2D eigenvalue weighted by Gasteiger charge is -2.44. The zero-order valence-corrected chi connectivity index (χ0v) is 23.3. The first-order valence-corrected chi connectivity index (χ1v) is 14.2. The summed E-state index contributed by atoms with van der Waals surface area (Å²) >= 11 is 1.40. The van der Waals surface area contributed by atoms with E-state index in [1.807, 2.05) is 24.3 Å². The predicted molar refractivity (Wildman–Crippen MR) is 150 cm³/mol. The number of hydrogen-bond acceptors (Lipinski definition) is 8. The van der Waals surface area contributed by atoms with Gasteiger partial charge in [-0.15, -0.1) is 24.1 Å². The smallest absolute Gasteiger partial charge is 0.451 e. The molecule has 0 spiro atoms. The molecular formula is C30H25F2N3O6S. The largest absolute Gasteiger partial charge is 0.510 e. The van der Waals surface area contributed by atoms with Crippen molar-refractivity contribution in [2.75, 3.05) is 25.9 Å². The minimum atomic E-state index is -1.07. The molecule has 1 fully saturated rings. The summed E-state index contributed by atoms with van der Waals surface area (Å²) in [5.74, 6) is -0.246. The number of hydrogen-bond donors (Lipinski definition) is 1. The molecule has 0 radical (unpaired) electrons. The number of thioether (sulfide) groups is 1. The first-order chi connectivity index (χ1) is 20.3. The van der Waals surface area contributed by atoms with E-state index in [2.05, 4.69) is 16.1 Å². The van der Waals surface area contributed by atoms with Crippen LogP contribution in [-0.2, 0) is 21.6 Å². The molecular weight excluding hydrogens is 568 g/mol. The van der Waals surface area contributed by atoms with E-state index in [1.165, 1.54) is 27.4 Å². The molecule has 1 N–H and O–H groups in total. The number of nitrogens with zero attached hydrogens (tertiary/aromatic N) is 2. The molecule has 0 bridgehead atoms. The van der Waals surface area contributed by atoms with Crippen LogP contribution in [0.2, 0.25) is 0 Å². The molecule has 2 aromatic carbocycles. The number of fused-ring (bicyclic) bond motifs is 4. The number of carbonyl (C=O) groups is 2. The van der Waals surface area contributed by atoms with Gasteiger partial charge in [0.05, 0.1) is 12.8 Å². The van der Waals surface area contributed by atoms with Gasteiger partial charge >= 0.3 is 6.16 Å². The fourth-order valence-corrected chi connectivity index (χ4v) is 6.73. The van der Waals surface area contributed by atoms with Crippen LogP contribution >= 0.6 is 11.8 Å². The van der Waals surface area contributed by atoms with Crippen LogP contribution in [0.15, 0.2) is 46.1 Å². The first-order valence-electron chi connectivity index (χ1n) is 13.2. The Morgan fingerprint density at radius 3 is 2.79 bits per heavy atom. The molecule has 42 heavy (non-hydrogen) atoms. The number of benzene rings is 2. The molecule has 6 rings (SSSR count). The molecule has 1 saturated heterocycles. The average molecular weight is 594 g/mol. The van der Waals surface area contributed by atoms with Crippen LogP contribution in [0.1, 0.15) is 40.0 Å². The maximum absolute atomic E-state index is 15.2. The standard InChI is InChI=1S/C30H25F2N3O6S/c1-3-16-8-9-25-33-35-22(12-23(36)28(40-15-41-30(38)39-2)27(35)29(37)34(25)13-16)19-11-21(31)26(32)20-14-42-24-7-5-4-6-17(24)10-18(19)20/h1,4-7,11-12,16,25,33H,8-10,13-15H2,2H3/t16-,25?/m1/s1. The summed E-state index contributed by atoms with van der Waals surface area (Å²) in [6.45, 7) is -0.454. The number of amides is 1. The van der Waals surface area contributed by atoms with E-state index in [0.29, 0.717) is 18.4 Å². The van der Waals surface area contributed by atoms with Gasteiger partial charge in [-0.1, -0.05) is 18.2 Å². The van der Waals surface area contributed by atoms with E-state index in [-0.39, 0.29) is 52.9 Å². The summed E-state index contributed by atoms with van der Waals surface area (Å²) in [4.78, 5) is 41.4. The van der Waals surface area contributed by atoms with Crippen molar-refractivity contribution < 1.29 is 32.6 Å². The second-order valence-corrected chi connectivity index (χ2v) is 11.1. The molecule has 0 aliphatic carbocycles. The van der Waals surface area contributed by atoms with Gasteiger partial charge < -0.3 is 24.5 Å². The fraction of sp³-hybridized carbons (Fsp3) is 0.300. The molecule has 1 aromatic heterocycles. The van der Waals surface area contributed by atoms with E-state index >= 15 is 8.78 Å². The van der Waals surface area contributed by atoms with Crippen LogP contribution in [0, 0.1) is 29.9 Å². The minimum Gasteiger partial charge on any atom is -0.451 e. The van der Waals surface area contributed by atoms with E-state index in [4.69, 9.17) is 15.9 Å². The van der Waals surface area contributed by atoms with Gasteiger partial charge in [0.15, 0.2) is 17.3 Å². The molecule has 3 aliphatic rings. The van der Waals surface area contributed by atoms with E-state index in [1.54, 1.807) is 0 Å². The summed E-state index contributed by atoms with van der Waals surface area (Å²) in [7, 11) is 1.11. The number of methoxy groups -OCH3 is 1.